The van der Waals surface area contributed by atoms with Crippen LogP contribution in [0.2, 0.25) is 0 Å². The number of carbonyl (C=O) groups is 1. The molecule has 1 aliphatic rings. The first kappa shape index (κ1) is 12.0. The molecule has 2 nitrogen and oxygen atoms in total. The lowest BCUT2D eigenvalue weighted by Gasteiger charge is -2.26. The molecule has 0 heterocycles. The van der Waals surface area contributed by atoms with E-state index in [1.165, 1.54) is 0 Å². The monoisotopic (exact) mass is 208 g/mol. The van der Waals surface area contributed by atoms with E-state index in [4.69, 9.17) is 0 Å². The topological polar surface area (TPSA) is 37.3 Å². The molecule has 0 aromatic heterocycles. The largest absolute Gasteiger partial charge is 0.481 e. The Hall–Kier alpha value is -1.05. The van der Waals surface area contributed by atoms with Gasteiger partial charge >= 0.3 is 5.97 Å². The summed E-state index contributed by atoms with van der Waals surface area (Å²) in [6, 6.07) is 0. The summed E-state index contributed by atoms with van der Waals surface area (Å²) in [5.41, 5.74) is -0.543. The molecule has 1 unspecified atom stereocenters. The summed E-state index contributed by atoms with van der Waals surface area (Å²) < 4.78 is 0. The van der Waals surface area contributed by atoms with E-state index in [0.717, 1.165) is 25.7 Å². The Kier molecular flexibility index (Phi) is 4.60. The van der Waals surface area contributed by atoms with Crippen LogP contribution in [-0.2, 0) is 4.79 Å². The molecule has 0 radical (unpaired) electrons. The van der Waals surface area contributed by atoms with Crippen LogP contribution in [0.5, 0.6) is 0 Å². The predicted molar refractivity (Wildman–Crippen MR) is 61.7 cm³/mol. The van der Waals surface area contributed by atoms with Gasteiger partial charge in [-0.25, -0.2) is 0 Å². The minimum absolute atomic E-state index is 0.543. The second-order valence-corrected chi connectivity index (χ2v) is 4.20. The highest BCUT2D eigenvalue weighted by molar-refractivity contribution is 5.74. The number of rotatable bonds is 2. The van der Waals surface area contributed by atoms with E-state index in [9.17, 15) is 9.90 Å². The molecule has 1 aliphatic carbocycles. The number of aliphatic carboxylic acids is 1. The Bertz CT molecular complexity index is 266. The Morgan fingerprint density at radius 3 is 2.40 bits per heavy atom. The van der Waals surface area contributed by atoms with Gasteiger partial charge in [-0.3, -0.25) is 4.79 Å². The Balaban J connectivity index is 2.78. The van der Waals surface area contributed by atoms with E-state index >= 15 is 0 Å². The van der Waals surface area contributed by atoms with Crippen LogP contribution < -0.4 is 0 Å². The van der Waals surface area contributed by atoms with Crippen LogP contribution in [0.15, 0.2) is 24.3 Å². The molecule has 2 heteroatoms. The highest BCUT2D eigenvalue weighted by Crippen LogP contribution is 2.33. The number of carboxylic acids is 1. The van der Waals surface area contributed by atoms with Crippen molar-refractivity contribution in [3.63, 3.8) is 0 Å². The number of carboxylic acid groups (broad SMARTS) is 1. The van der Waals surface area contributed by atoms with Crippen LogP contribution in [0.3, 0.4) is 0 Å². The van der Waals surface area contributed by atoms with Crippen molar-refractivity contribution >= 4 is 5.97 Å². The van der Waals surface area contributed by atoms with Crippen molar-refractivity contribution in [2.45, 2.75) is 45.4 Å². The third-order valence-corrected chi connectivity index (χ3v) is 3.26. The van der Waals surface area contributed by atoms with E-state index in [1.807, 2.05) is 13.0 Å². The van der Waals surface area contributed by atoms with Gasteiger partial charge in [0.2, 0.25) is 0 Å². The third-order valence-electron chi connectivity index (χ3n) is 3.26. The van der Waals surface area contributed by atoms with Crippen LogP contribution in [0.1, 0.15) is 45.4 Å². The SMILES string of the molecule is CCC1(C(=O)O)C/C=C/CC/C=C/CC1. The van der Waals surface area contributed by atoms with Crippen molar-refractivity contribution in [3.8, 4) is 0 Å². The molecular formula is C13H20O2. The van der Waals surface area contributed by atoms with Crippen LogP contribution in [0.4, 0.5) is 0 Å². The van der Waals surface area contributed by atoms with Gasteiger partial charge in [-0.05, 0) is 38.5 Å². The lowest BCUT2D eigenvalue weighted by molar-refractivity contribution is -0.149. The van der Waals surface area contributed by atoms with Crippen LogP contribution in [0.25, 0.3) is 0 Å². The maximum absolute atomic E-state index is 11.3. The van der Waals surface area contributed by atoms with Gasteiger partial charge in [-0.15, -0.1) is 0 Å². The molecule has 0 aliphatic heterocycles. The van der Waals surface area contributed by atoms with Gasteiger partial charge in [-0.2, -0.15) is 0 Å². The summed E-state index contributed by atoms with van der Waals surface area (Å²) >= 11 is 0. The van der Waals surface area contributed by atoms with Crippen LogP contribution in [-0.4, -0.2) is 11.1 Å². The van der Waals surface area contributed by atoms with Crippen molar-refractivity contribution in [2.24, 2.45) is 5.41 Å². The molecule has 0 saturated heterocycles. The number of hydrogen-bond acceptors (Lipinski definition) is 1. The Morgan fingerprint density at radius 2 is 1.80 bits per heavy atom. The molecule has 0 aromatic carbocycles. The molecule has 0 fully saturated rings. The zero-order valence-electron chi connectivity index (χ0n) is 9.41. The summed E-state index contributed by atoms with van der Waals surface area (Å²) in [4.78, 5) is 11.3. The van der Waals surface area contributed by atoms with Gasteiger partial charge in [0.15, 0.2) is 0 Å². The average Bonchev–Trinajstić information content (AvgIpc) is 2.25. The quantitative estimate of drug-likeness (QED) is 0.705. The van der Waals surface area contributed by atoms with E-state index in [0.29, 0.717) is 12.8 Å². The summed E-state index contributed by atoms with van der Waals surface area (Å²) in [7, 11) is 0. The Morgan fingerprint density at radius 1 is 1.20 bits per heavy atom. The maximum atomic E-state index is 11.3. The van der Waals surface area contributed by atoms with Gasteiger partial charge in [0.05, 0.1) is 5.41 Å². The summed E-state index contributed by atoms with van der Waals surface area (Å²) in [5.74, 6) is -0.649. The first-order valence-corrected chi connectivity index (χ1v) is 5.75. The molecule has 0 amide bonds. The molecule has 0 aromatic rings. The molecular weight excluding hydrogens is 188 g/mol. The Labute approximate surface area is 91.7 Å². The van der Waals surface area contributed by atoms with Gasteiger partial charge in [0.25, 0.3) is 0 Å². The molecule has 0 bridgehead atoms. The van der Waals surface area contributed by atoms with Crippen molar-refractivity contribution in [1.29, 1.82) is 0 Å². The minimum Gasteiger partial charge on any atom is -0.481 e. The van der Waals surface area contributed by atoms with Crippen molar-refractivity contribution in [2.75, 3.05) is 0 Å². The first-order valence-electron chi connectivity index (χ1n) is 5.75. The zero-order chi connectivity index (χ0) is 11.1. The second kappa shape index (κ2) is 5.74. The van der Waals surface area contributed by atoms with Gasteiger partial charge in [0, 0.05) is 0 Å². The van der Waals surface area contributed by atoms with Crippen molar-refractivity contribution in [3.05, 3.63) is 24.3 Å². The fourth-order valence-electron chi connectivity index (χ4n) is 1.98. The highest BCUT2D eigenvalue weighted by Gasteiger charge is 2.34. The molecule has 0 saturated carbocycles. The number of allylic oxidation sites excluding steroid dienone is 4. The second-order valence-electron chi connectivity index (χ2n) is 4.20. The fraction of sp³-hybridized carbons (Fsp3) is 0.615. The van der Waals surface area contributed by atoms with Crippen molar-refractivity contribution < 1.29 is 9.90 Å². The van der Waals surface area contributed by atoms with Crippen LogP contribution in [0, 0.1) is 5.41 Å². The van der Waals surface area contributed by atoms with E-state index in [2.05, 4.69) is 18.2 Å². The lowest BCUT2D eigenvalue weighted by Crippen LogP contribution is -2.29. The van der Waals surface area contributed by atoms with Gasteiger partial charge in [-0.1, -0.05) is 31.2 Å². The molecule has 1 atom stereocenters. The van der Waals surface area contributed by atoms with E-state index < -0.39 is 11.4 Å². The summed E-state index contributed by atoms with van der Waals surface area (Å²) in [6.07, 6.45) is 13.5. The average molecular weight is 208 g/mol. The summed E-state index contributed by atoms with van der Waals surface area (Å²) in [6.45, 7) is 1.97. The van der Waals surface area contributed by atoms with Crippen LogP contribution >= 0.6 is 0 Å². The van der Waals surface area contributed by atoms with E-state index in [-0.39, 0.29) is 0 Å². The predicted octanol–water partition coefficient (Wildman–Crippen LogP) is 3.54. The zero-order valence-corrected chi connectivity index (χ0v) is 9.41. The number of hydrogen-bond donors (Lipinski definition) is 1. The normalized spacial score (nSPS) is 31.8. The standard InChI is InChI=1S/C13H20O2/c1-2-13(12(14)15)10-8-6-4-3-5-7-9-11-13/h4,6-7,9H,2-3,5,8,10-11H2,1H3,(H,14,15)/b6-4+,9-7+. The molecule has 0 spiro atoms. The third kappa shape index (κ3) is 3.22. The van der Waals surface area contributed by atoms with Gasteiger partial charge < -0.3 is 5.11 Å². The summed E-state index contributed by atoms with van der Waals surface area (Å²) in [5, 5.41) is 9.31. The first-order chi connectivity index (χ1) is 7.21. The highest BCUT2D eigenvalue weighted by atomic mass is 16.4. The molecule has 1 rings (SSSR count). The maximum Gasteiger partial charge on any atom is 0.309 e. The molecule has 15 heavy (non-hydrogen) atoms. The fourth-order valence-corrected chi connectivity index (χ4v) is 1.98. The molecule has 1 N–H and O–H groups in total. The minimum atomic E-state index is -0.649. The van der Waals surface area contributed by atoms with E-state index in [1.54, 1.807) is 0 Å². The smallest absolute Gasteiger partial charge is 0.309 e. The van der Waals surface area contributed by atoms with Crippen molar-refractivity contribution in [1.82, 2.24) is 0 Å². The lowest BCUT2D eigenvalue weighted by atomic mass is 9.77. The van der Waals surface area contributed by atoms with Gasteiger partial charge in [0.1, 0.15) is 0 Å². The molecule has 84 valence electrons.